The molecule has 6 aliphatic rings. The van der Waals surface area contributed by atoms with Gasteiger partial charge in [0.05, 0.1) is 11.1 Å². The largest absolute Gasteiger partial charge is 0.306 e. The summed E-state index contributed by atoms with van der Waals surface area (Å²) < 4.78 is 0. The Hall–Kier alpha value is -3.74. The lowest BCUT2D eigenvalue weighted by atomic mass is 10.1. The van der Waals surface area contributed by atoms with E-state index in [1.54, 1.807) is 24.3 Å². The first-order chi connectivity index (χ1) is 22.8. The van der Waals surface area contributed by atoms with E-state index in [0.29, 0.717) is 24.0 Å². The third-order valence-corrected chi connectivity index (χ3v) is 8.82. The van der Waals surface area contributed by atoms with Gasteiger partial charge in [0, 0.05) is 46.1 Å². The van der Waals surface area contributed by atoms with Gasteiger partial charge in [-0.05, 0) is 111 Å². The Bertz CT molecular complexity index is 1180. The van der Waals surface area contributed by atoms with E-state index in [-0.39, 0.29) is 80.0 Å². The Morgan fingerprint density at radius 2 is 0.667 bits per heavy atom. The Morgan fingerprint density at radius 3 is 0.833 bits per heavy atom. The van der Waals surface area contributed by atoms with Crippen LogP contribution in [0.15, 0.2) is 36.4 Å². The fraction of sp³-hybridized carbons (Fsp3) is 0.667. The average Bonchev–Trinajstić information content (AvgIpc) is 3.83. The second-order valence-corrected chi connectivity index (χ2v) is 12.9. The van der Waals surface area contributed by atoms with Gasteiger partial charge >= 0.3 is 0 Å². The van der Waals surface area contributed by atoms with E-state index in [1.807, 2.05) is 0 Å². The van der Waals surface area contributed by atoms with Crippen LogP contribution in [0.3, 0.4) is 0 Å². The molecule has 6 aliphatic heterocycles. The minimum Gasteiger partial charge on any atom is -0.306 e. The summed E-state index contributed by atoms with van der Waals surface area (Å²) in [6.07, 6.45) is 14.7. The first-order valence-corrected chi connectivity index (χ1v) is 17.1. The molecule has 12 heteroatoms. The molecule has 4 saturated heterocycles. The zero-order valence-electron chi connectivity index (χ0n) is 29.9. The molecule has 12 nitrogen and oxygen atoms in total. The summed E-state index contributed by atoms with van der Waals surface area (Å²) in [4.78, 5) is 74.9. The Kier molecular flexibility index (Phi) is 34.8. The van der Waals surface area contributed by atoms with Crippen molar-refractivity contribution in [3.05, 3.63) is 47.5 Å². The lowest BCUT2D eigenvalue weighted by Gasteiger charge is -2.20. The van der Waals surface area contributed by atoms with Gasteiger partial charge in [-0.25, -0.2) is 0 Å². The standard InChI is InChI=1S/C9H7NO2.2C6H13N.C5H7NO2.C5H5NO2.C5H11N.6CH4/c1-10-8(11)6-4-2-3-5-7(6)9(10)12;2*1-7-5-3-2-4-6-7;2*1-6-4(7)2-3-5(6)8;1-6-4-2-3-5-6;;;;;;/h2-5H,1H3;2*2-6H2,1H3;2-3H2,1H3;2-3H,1H3;2-5H2,1H3;6*1H4. The normalized spacial score (nSPS) is 18.5. The molecule has 7 rings (SSSR count). The van der Waals surface area contributed by atoms with Crippen LogP contribution in [0.4, 0.5) is 0 Å². The first kappa shape index (κ1) is 59.5. The van der Waals surface area contributed by atoms with Crippen molar-refractivity contribution in [2.75, 3.05) is 81.6 Å². The van der Waals surface area contributed by atoms with E-state index < -0.39 is 0 Å². The van der Waals surface area contributed by atoms with Gasteiger partial charge in [0.15, 0.2) is 0 Å². The monoisotopic (exact) mass is 765 g/mol. The zero-order chi connectivity index (χ0) is 35.6. The number of amides is 6. The number of nitrogens with zero attached hydrogens (tertiary/aromatic N) is 6. The summed E-state index contributed by atoms with van der Waals surface area (Å²) in [7, 11) is 11.0. The van der Waals surface area contributed by atoms with Gasteiger partial charge in [0.25, 0.3) is 23.6 Å². The highest BCUT2D eigenvalue weighted by Gasteiger charge is 2.31. The average molecular weight is 765 g/mol. The SMILES string of the molecule is C.C.C.C.C.C.CN1C(=O)C=CC1=O.CN1C(=O)CCC1=O.CN1C(=O)c2ccccc2C1=O.CN1CCCC1.CN1CCCCC1.CN1CCCCC1. The third-order valence-electron chi connectivity index (χ3n) is 8.82. The molecule has 6 amide bonds. The van der Waals surface area contributed by atoms with Crippen LogP contribution in [-0.4, -0.2) is 146 Å². The van der Waals surface area contributed by atoms with Gasteiger partial charge in [-0.1, -0.05) is 69.5 Å². The molecule has 1 aromatic carbocycles. The summed E-state index contributed by atoms with van der Waals surface area (Å²) >= 11 is 0. The lowest BCUT2D eigenvalue weighted by Crippen LogP contribution is -2.24. The Balaban J connectivity index is -0.000000176. The number of carbonyl (C=O) groups excluding carboxylic acids is 6. The third kappa shape index (κ3) is 20.6. The highest BCUT2D eigenvalue weighted by molar-refractivity contribution is 6.21. The molecule has 314 valence electrons. The molecule has 0 atom stereocenters. The number of fused-ring (bicyclic) bond motifs is 1. The predicted molar refractivity (Wildman–Crippen MR) is 227 cm³/mol. The molecule has 0 N–H and O–H groups in total. The van der Waals surface area contributed by atoms with E-state index in [1.165, 1.54) is 129 Å². The van der Waals surface area contributed by atoms with Gasteiger partial charge in [-0.2, -0.15) is 0 Å². The molecule has 0 aromatic heterocycles. The van der Waals surface area contributed by atoms with Crippen LogP contribution in [0, 0.1) is 0 Å². The number of piperidine rings is 2. The maximum absolute atomic E-state index is 11.3. The number of rotatable bonds is 0. The quantitative estimate of drug-likeness (QED) is 0.259. The summed E-state index contributed by atoms with van der Waals surface area (Å²) in [5.41, 5.74) is 1.01. The minimum atomic E-state index is -0.241. The van der Waals surface area contributed by atoms with Gasteiger partial charge in [-0.3, -0.25) is 43.5 Å². The molecular formula is C42H80N6O6. The molecule has 0 spiro atoms. The van der Waals surface area contributed by atoms with Crippen molar-refractivity contribution < 1.29 is 28.8 Å². The van der Waals surface area contributed by atoms with Crippen molar-refractivity contribution >= 4 is 35.4 Å². The van der Waals surface area contributed by atoms with E-state index in [2.05, 4.69) is 35.8 Å². The van der Waals surface area contributed by atoms with Crippen molar-refractivity contribution in [2.45, 2.75) is 109 Å². The molecule has 54 heavy (non-hydrogen) atoms. The van der Waals surface area contributed by atoms with Gasteiger partial charge in [-0.15, -0.1) is 0 Å². The molecule has 0 bridgehead atoms. The highest BCUT2D eigenvalue weighted by atomic mass is 16.2. The van der Waals surface area contributed by atoms with Crippen LogP contribution in [0.1, 0.15) is 129 Å². The fourth-order valence-electron chi connectivity index (χ4n) is 5.45. The van der Waals surface area contributed by atoms with Crippen LogP contribution in [0.2, 0.25) is 0 Å². The van der Waals surface area contributed by atoms with Crippen molar-refractivity contribution in [3.8, 4) is 0 Å². The molecular weight excluding hydrogens is 684 g/mol. The summed E-state index contributed by atoms with van der Waals surface area (Å²) in [5.74, 6) is -1.03. The maximum atomic E-state index is 11.3. The van der Waals surface area contributed by atoms with Crippen molar-refractivity contribution in [1.29, 1.82) is 0 Å². The lowest BCUT2D eigenvalue weighted by molar-refractivity contribution is -0.137. The van der Waals surface area contributed by atoms with E-state index in [9.17, 15) is 28.8 Å². The van der Waals surface area contributed by atoms with Gasteiger partial charge < -0.3 is 14.7 Å². The maximum Gasteiger partial charge on any atom is 0.261 e. The summed E-state index contributed by atoms with van der Waals surface area (Å²) in [6.45, 7) is 7.92. The molecule has 0 radical (unpaired) electrons. The predicted octanol–water partition coefficient (Wildman–Crippen LogP) is 6.95. The van der Waals surface area contributed by atoms with Gasteiger partial charge in [0.2, 0.25) is 11.8 Å². The molecule has 0 saturated carbocycles. The van der Waals surface area contributed by atoms with E-state index >= 15 is 0 Å². The fourth-order valence-corrected chi connectivity index (χ4v) is 5.45. The van der Waals surface area contributed by atoms with Crippen LogP contribution in [-0.2, 0) is 19.2 Å². The molecule has 4 fully saturated rings. The number of hydrogen-bond donors (Lipinski definition) is 0. The smallest absolute Gasteiger partial charge is 0.261 e. The second kappa shape index (κ2) is 31.6. The van der Waals surface area contributed by atoms with Crippen LogP contribution in [0.5, 0.6) is 0 Å². The molecule has 0 aliphatic carbocycles. The Labute approximate surface area is 330 Å². The molecule has 6 heterocycles. The van der Waals surface area contributed by atoms with E-state index in [0.717, 1.165) is 9.80 Å². The minimum absolute atomic E-state index is 0. The second-order valence-electron chi connectivity index (χ2n) is 12.9. The van der Waals surface area contributed by atoms with Crippen LogP contribution in [0.25, 0.3) is 0 Å². The van der Waals surface area contributed by atoms with Crippen molar-refractivity contribution in [3.63, 3.8) is 0 Å². The molecule has 1 aromatic rings. The van der Waals surface area contributed by atoms with Crippen molar-refractivity contribution in [1.82, 2.24) is 29.4 Å². The number of imide groups is 3. The number of carbonyl (C=O) groups is 6. The topological polar surface area (TPSA) is 122 Å². The number of hydrogen-bond acceptors (Lipinski definition) is 9. The van der Waals surface area contributed by atoms with Crippen molar-refractivity contribution in [2.24, 2.45) is 0 Å². The van der Waals surface area contributed by atoms with Gasteiger partial charge in [0.1, 0.15) is 0 Å². The first-order valence-electron chi connectivity index (χ1n) is 17.1. The van der Waals surface area contributed by atoms with Crippen LogP contribution < -0.4 is 0 Å². The summed E-state index contributed by atoms with van der Waals surface area (Å²) in [6, 6.07) is 6.84. The zero-order valence-corrected chi connectivity index (χ0v) is 29.9. The number of likely N-dealkylation sites (N-methyl/N-ethyl adjacent to an activating group) is 1. The molecule has 0 unspecified atom stereocenters. The summed E-state index contributed by atoms with van der Waals surface area (Å²) in [5, 5.41) is 0. The highest BCUT2D eigenvalue weighted by Crippen LogP contribution is 2.20. The number of benzene rings is 1. The number of likely N-dealkylation sites (tertiary alicyclic amines) is 4. The van der Waals surface area contributed by atoms with E-state index in [4.69, 9.17) is 0 Å². The Morgan fingerprint density at radius 1 is 0.389 bits per heavy atom. The van der Waals surface area contributed by atoms with Crippen LogP contribution >= 0.6 is 0 Å².